The molecule has 3 nitrogen and oxygen atoms in total. The van der Waals surface area contributed by atoms with E-state index in [-0.39, 0.29) is 23.3 Å². The topological polar surface area (TPSA) is 51.2 Å². The molecule has 98 valence electrons. The zero-order valence-electron chi connectivity index (χ0n) is 10.7. The van der Waals surface area contributed by atoms with E-state index in [0.717, 1.165) is 0 Å². The molecule has 0 unspecified atom stereocenters. The first-order valence-corrected chi connectivity index (χ1v) is 5.99. The first-order valence-electron chi connectivity index (χ1n) is 5.99. The van der Waals surface area contributed by atoms with Gasteiger partial charge in [-0.05, 0) is 37.0 Å². The molecule has 18 heavy (non-hydrogen) atoms. The Morgan fingerprint density at radius 3 is 1.50 bits per heavy atom. The molecule has 0 N–H and O–H groups in total. The lowest BCUT2D eigenvalue weighted by atomic mass is 9.90. The lowest BCUT2D eigenvalue weighted by Crippen LogP contribution is -2.10. The van der Waals surface area contributed by atoms with E-state index in [1.807, 2.05) is 0 Å². The summed E-state index contributed by atoms with van der Waals surface area (Å²) in [6.07, 6.45) is 6.07. The van der Waals surface area contributed by atoms with Crippen molar-refractivity contribution in [3.05, 3.63) is 38.0 Å². The van der Waals surface area contributed by atoms with Crippen LogP contribution >= 0.6 is 0 Å². The number of rotatable bonds is 11. The summed E-state index contributed by atoms with van der Waals surface area (Å²) < 4.78 is 0. The number of allylic oxidation sites excluding steroid dienone is 3. The van der Waals surface area contributed by atoms with Crippen LogP contribution in [0.25, 0.3) is 0 Å². The molecule has 0 atom stereocenters. The zero-order chi connectivity index (χ0) is 14.0. The lowest BCUT2D eigenvalue weighted by Gasteiger charge is -2.13. The second kappa shape index (κ2) is 9.28. The van der Waals surface area contributed by atoms with Gasteiger partial charge in [-0.25, -0.2) is 0 Å². The van der Waals surface area contributed by atoms with Gasteiger partial charge in [-0.2, -0.15) is 0 Å². The Labute approximate surface area is 108 Å². The maximum Gasteiger partial charge on any atom is 0.155 e. The molecule has 0 aromatic heterocycles. The minimum absolute atomic E-state index is 0.0308. The summed E-state index contributed by atoms with van der Waals surface area (Å²) in [5, 5.41) is 0. The van der Waals surface area contributed by atoms with Gasteiger partial charge in [0, 0.05) is 19.3 Å². The standard InChI is InChI=1S/C15H20O3/c1-4-13(16)9-7-12(11-15(18)6-3)8-10-14(17)5-2/h4-6,12H,1-3,7-11H2. The van der Waals surface area contributed by atoms with Crippen LogP contribution < -0.4 is 0 Å². The summed E-state index contributed by atoms with van der Waals surface area (Å²) in [5.41, 5.74) is 0. The Hall–Kier alpha value is -1.77. The quantitative estimate of drug-likeness (QED) is 0.528. The first-order chi connectivity index (χ1) is 8.53. The van der Waals surface area contributed by atoms with Gasteiger partial charge in [0.25, 0.3) is 0 Å². The number of hydrogen-bond acceptors (Lipinski definition) is 3. The molecule has 0 aliphatic carbocycles. The smallest absolute Gasteiger partial charge is 0.155 e. The van der Waals surface area contributed by atoms with Gasteiger partial charge in [0.05, 0.1) is 0 Å². The van der Waals surface area contributed by atoms with Gasteiger partial charge in [-0.15, -0.1) is 0 Å². The molecule has 0 spiro atoms. The third-order valence-electron chi connectivity index (χ3n) is 2.77. The fraction of sp³-hybridized carbons (Fsp3) is 0.400. The Balaban J connectivity index is 4.31. The minimum atomic E-state index is -0.0582. The van der Waals surface area contributed by atoms with Crippen molar-refractivity contribution in [2.24, 2.45) is 5.92 Å². The van der Waals surface area contributed by atoms with Crippen molar-refractivity contribution in [2.45, 2.75) is 32.1 Å². The van der Waals surface area contributed by atoms with Crippen molar-refractivity contribution in [1.82, 2.24) is 0 Å². The molecule has 3 heteroatoms. The second-order valence-electron chi connectivity index (χ2n) is 4.16. The molecule has 0 radical (unpaired) electrons. The van der Waals surface area contributed by atoms with E-state index in [9.17, 15) is 14.4 Å². The molecule has 0 fully saturated rings. The van der Waals surface area contributed by atoms with Gasteiger partial charge in [0.1, 0.15) is 0 Å². The van der Waals surface area contributed by atoms with E-state index in [1.54, 1.807) is 0 Å². The molecular formula is C15H20O3. The average Bonchev–Trinajstić information content (AvgIpc) is 2.40. The zero-order valence-corrected chi connectivity index (χ0v) is 10.7. The Morgan fingerprint density at radius 1 is 0.778 bits per heavy atom. The van der Waals surface area contributed by atoms with E-state index in [1.165, 1.54) is 18.2 Å². The number of ketones is 3. The van der Waals surface area contributed by atoms with Crippen molar-refractivity contribution in [1.29, 1.82) is 0 Å². The number of carbonyl (C=O) groups is 3. The van der Waals surface area contributed by atoms with Crippen molar-refractivity contribution in [3.8, 4) is 0 Å². The summed E-state index contributed by atoms with van der Waals surface area (Å²) in [5.74, 6) is -0.109. The van der Waals surface area contributed by atoms with Crippen LogP contribution in [0.3, 0.4) is 0 Å². The fourth-order valence-corrected chi connectivity index (χ4v) is 1.61. The van der Waals surface area contributed by atoms with Crippen LogP contribution in [0.2, 0.25) is 0 Å². The van der Waals surface area contributed by atoms with Gasteiger partial charge in [-0.1, -0.05) is 19.7 Å². The van der Waals surface area contributed by atoms with Crippen molar-refractivity contribution >= 4 is 17.3 Å². The number of hydrogen-bond donors (Lipinski definition) is 0. The third-order valence-corrected chi connectivity index (χ3v) is 2.77. The van der Waals surface area contributed by atoms with Crippen molar-refractivity contribution < 1.29 is 14.4 Å². The van der Waals surface area contributed by atoms with Crippen LogP contribution in [-0.2, 0) is 14.4 Å². The number of carbonyl (C=O) groups excluding carboxylic acids is 3. The van der Waals surface area contributed by atoms with Crippen LogP contribution in [0.5, 0.6) is 0 Å². The van der Waals surface area contributed by atoms with Gasteiger partial charge >= 0.3 is 0 Å². The Bertz CT molecular complexity index is 329. The Kier molecular flexibility index (Phi) is 8.37. The molecule has 0 saturated heterocycles. The second-order valence-corrected chi connectivity index (χ2v) is 4.16. The summed E-state index contributed by atoms with van der Waals surface area (Å²) in [6.45, 7) is 10.2. The molecule has 0 heterocycles. The maximum atomic E-state index is 11.3. The average molecular weight is 248 g/mol. The molecule has 0 aliphatic rings. The van der Waals surface area contributed by atoms with Crippen LogP contribution in [0.15, 0.2) is 38.0 Å². The van der Waals surface area contributed by atoms with Crippen LogP contribution in [0.4, 0.5) is 0 Å². The molecule has 0 aromatic rings. The normalized spacial score (nSPS) is 9.83. The van der Waals surface area contributed by atoms with Crippen LogP contribution in [0, 0.1) is 5.92 Å². The van der Waals surface area contributed by atoms with Gasteiger partial charge < -0.3 is 0 Å². The molecule has 0 aromatic carbocycles. The van der Waals surface area contributed by atoms with Gasteiger partial charge in [0.15, 0.2) is 17.3 Å². The van der Waals surface area contributed by atoms with E-state index in [4.69, 9.17) is 0 Å². The summed E-state index contributed by atoms with van der Waals surface area (Å²) in [4.78, 5) is 33.6. The van der Waals surface area contributed by atoms with Crippen LogP contribution in [-0.4, -0.2) is 17.3 Å². The SMILES string of the molecule is C=CC(=O)CCC(CCC(=O)C=C)CC(=O)C=C. The largest absolute Gasteiger partial charge is 0.295 e. The molecule has 0 bridgehead atoms. The fourth-order valence-electron chi connectivity index (χ4n) is 1.61. The van der Waals surface area contributed by atoms with E-state index in [2.05, 4.69) is 19.7 Å². The summed E-state index contributed by atoms with van der Waals surface area (Å²) >= 11 is 0. The van der Waals surface area contributed by atoms with Gasteiger partial charge in [-0.3, -0.25) is 14.4 Å². The lowest BCUT2D eigenvalue weighted by molar-refractivity contribution is -0.118. The van der Waals surface area contributed by atoms with Crippen LogP contribution in [0.1, 0.15) is 32.1 Å². The highest BCUT2D eigenvalue weighted by Gasteiger charge is 2.14. The molecule has 0 saturated carbocycles. The monoisotopic (exact) mass is 248 g/mol. The first kappa shape index (κ1) is 16.2. The predicted molar refractivity (Wildman–Crippen MR) is 72.2 cm³/mol. The molecule has 0 amide bonds. The molecule has 0 aliphatic heterocycles. The van der Waals surface area contributed by atoms with Gasteiger partial charge in [0.2, 0.25) is 0 Å². The highest BCUT2D eigenvalue weighted by molar-refractivity contribution is 5.90. The summed E-state index contributed by atoms with van der Waals surface area (Å²) in [7, 11) is 0. The predicted octanol–water partition coefficient (Wildman–Crippen LogP) is 2.82. The van der Waals surface area contributed by atoms with E-state index < -0.39 is 0 Å². The highest BCUT2D eigenvalue weighted by Crippen LogP contribution is 2.19. The maximum absolute atomic E-state index is 11.3. The van der Waals surface area contributed by atoms with Crippen molar-refractivity contribution in [3.63, 3.8) is 0 Å². The Morgan fingerprint density at radius 2 is 1.17 bits per heavy atom. The minimum Gasteiger partial charge on any atom is -0.295 e. The van der Waals surface area contributed by atoms with Crippen molar-refractivity contribution in [2.75, 3.05) is 0 Å². The van der Waals surface area contributed by atoms with E-state index >= 15 is 0 Å². The third kappa shape index (κ3) is 7.49. The molecule has 0 rings (SSSR count). The molecular weight excluding hydrogens is 228 g/mol. The van der Waals surface area contributed by atoms with E-state index in [0.29, 0.717) is 32.1 Å². The highest BCUT2D eigenvalue weighted by atomic mass is 16.1. The summed E-state index contributed by atoms with van der Waals surface area (Å²) in [6, 6.07) is 0.